The number of hydrogen-bond donors (Lipinski definition) is 1. The summed E-state index contributed by atoms with van der Waals surface area (Å²) in [6.45, 7) is 6.55. The lowest BCUT2D eigenvalue weighted by molar-refractivity contribution is -0.119. The molecule has 1 aliphatic heterocycles. The number of thioether (sulfide) groups is 1. The average Bonchev–Trinajstić information content (AvgIpc) is 3.40. The molecule has 4 rings (SSSR count). The highest BCUT2D eigenvalue weighted by Crippen LogP contribution is 2.34. The summed E-state index contributed by atoms with van der Waals surface area (Å²) in [6.07, 6.45) is 3.71. The van der Waals surface area contributed by atoms with Gasteiger partial charge in [-0.2, -0.15) is 0 Å². The molecular weight excluding hydrogens is 398 g/mol. The average molecular weight is 424 g/mol. The summed E-state index contributed by atoms with van der Waals surface area (Å²) >= 11 is 1.43. The molecule has 1 atom stereocenters. The predicted octanol–water partition coefficient (Wildman–Crippen LogP) is 4.69. The second-order valence-electron chi connectivity index (χ2n) is 7.48. The zero-order valence-electron chi connectivity index (χ0n) is 17.3. The van der Waals surface area contributed by atoms with Crippen molar-refractivity contribution in [1.29, 1.82) is 0 Å². The molecule has 1 N–H and O–H groups in total. The molecule has 0 radical (unpaired) electrons. The van der Waals surface area contributed by atoms with E-state index >= 15 is 0 Å². The van der Waals surface area contributed by atoms with E-state index in [-0.39, 0.29) is 24.5 Å². The van der Waals surface area contributed by atoms with E-state index in [1.165, 1.54) is 17.3 Å². The molecular formula is C23H25N3O3S. The Hall–Kier alpha value is -2.93. The van der Waals surface area contributed by atoms with Gasteiger partial charge in [-0.25, -0.2) is 4.98 Å². The number of fused-ring (bicyclic) bond motifs is 1. The SMILES string of the molecule is CC(C)c1ccccc1-n1ccnc1SCC(=O)NC(C)c1ccc2c(c1)OCO2. The van der Waals surface area contributed by atoms with Gasteiger partial charge in [0.2, 0.25) is 12.7 Å². The van der Waals surface area contributed by atoms with Crippen LogP contribution in [0.5, 0.6) is 11.5 Å². The van der Waals surface area contributed by atoms with Gasteiger partial charge >= 0.3 is 0 Å². The Kier molecular flexibility index (Phi) is 5.99. The summed E-state index contributed by atoms with van der Waals surface area (Å²) in [5.41, 5.74) is 3.32. The van der Waals surface area contributed by atoms with Crippen LogP contribution in [0.25, 0.3) is 5.69 Å². The molecule has 0 saturated heterocycles. The van der Waals surface area contributed by atoms with Crippen molar-refractivity contribution in [2.24, 2.45) is 0 Å². The number of para-hydroxylation sites is 1. The summed E-state index contributed by atoms with van der Waals surface area (Å²) in [4.78, 5) is 17.0. The molecule has 1 aromatic heterocycles. The van der Waals surface area contributed by atoms with E-state index in [9.17, 15) is 4.79 Å². The van der Waals surface area contributed by atoms with Crippen LogP contribution in [0.1, 0.15) is 43.9 Å². The summed E-state index contributed by atoms with van der Waals surface area (Å²) in [5.74, 6) is 2.09. The number of aromatic nitrogens is 2. The Morgan fingerprint density at radius 2 is 1.97 bits per heavy atom. The lowest BCUT2D eigenvalue weighted by Crippen LogP contribution is -2.28. The molecule has 6 nitrogen and oxygen atoms in total. The van der Waals surface area contributed by atoms with Crippen molar-refractivity contribution in [3.63, 3.8) is 0 Å². The van der Waals surface area contributed by atoms with Crippen LogP contribution in [0, 0.1) is 0 Å². The Bertz CT molecular complexity index is 1050. The van der Waals surface area contributed by atoms with Crippen molar-refractivity contribution < 1.29 is 14.3 Å². The van der Waals surface area contributed by atoms with Gasteiger partial charge in [-0.15, -0.1) is 0 Å². The fourth-order valence-electron chi connectivity index (χ4n) is 3.45. The first-order valence-electron chi connectivity index (χ1n) is 9.97. The minimum absolute atomic E-state index is 0.0446. The highest BCUT2D eigenvalue weighted by molar-refractivity contribution is 7.99. The van der Waals surface area contributed by atoms with Crippen LogP contribution < -0.4 is 14.8 Å². The van der Waals surface area contributed by atoms with Crippen molar-refractivity contribution >= 4 is 17.7 Å². The third-order valence-electron chi connectivity index (χ3n) is 5.03. The Morgan fingerprint density at radius 3 is 2.80 bits per heavy atom. The van der Waals surface area contributed by atoms with Crippen molar-refractivity contribution in [3.8, 4) is 17.2 Å². The maximum Gasteiger partial charge on any atom is 0.231 e. The molecule has 3 aromatic rings. The topological polar surface area (TPSA) is 65.4 Å². The Morgan fingerprint density at radius 1 is 1.17 bits per heavy atom. The van der Waals surface area contributed by atoms with Gasteiger partial charge in [0, 0.05) is 12.4 Å². The van der Waals surface area contributed by atoms with Crippen LogP contribution >= 0.6 is 11.8 Å². The number of nitrogens with zero attached hydrogens (tertiary/aromatic N) is 2. The fourth-order valence-corrected chi connectivity index (χ4v) is 4.23. The van der Waals surface area contributed by atoms with Crippen molar-refractivity contribution in [2.45, 2.75) is 37.9 Å². The Balaban J connectivity index is 1.40. The first kappa shape index (κ1) is 20.3. The van der Waals surface area contributed by atoms with Gasteiger partial charge in [0.25, 0.3) is 0 Å². The molecule has 1 amide bonds. The zero-order chi connectivity index (χ0) is 21.1. The van der Waals surface area contributed by atoms with Crippen LogP contribution in [0.15, 0.2) is 60.0 Å². The van der Waals surface area contributed by atoms with Gasteiger partial charge in [0.1, 0.15) is 0 Å². The van der Waals surface area contributed by atoms with Gasteiger partial charge in [-0.3, -0.25) is 9.36 Å². The van der Waals surface area contributed by atoms with Crippen LogP contribution in [0.3, 0.4) is 0 Å². The lowest BCUT2D eigenvalue weighted by atomic mass is 10.0. The molecule has 7 heteroatoms. The molecule has 0 aliphatic carbocycles. The van der Waals surface area contributed by atoms with Crippen molar-refractivity contribution in [2.75, 3.05) is 12.5 Å². The van der Waals surface area contributed by atoms with Gasteiger partial charge in [0.15, 0.2) is 16.7 Å². The third kappa shape index (κ3) is 4.31. The summed E-state index contributed by atoms with van der Waals surface area (Å²) in [5, 5.41) is 3.85. The smallest absolute Gasteiger partial charge is 0.231 e. The maximum atomic E-state index is 12.6. The van der Waals surface area contributed by atoms with E-state index < -0.39 is 0 Å². The lowest BCUT2D eigenvalue weighted by Gasteiger charge is -2.16. The number of amides is 1. The molecule has 2 heterocycles. The molecule has 1 unspecified atom stereocenters. The highest BCUT2D eigenvalue weighted by Gasteiger charge is 2.18. The number of ether oxygens (including phenoxy) is 2. The minimum atomic E-state index is -0.131. The van der Waals surface area contributed by atoms with E-state index in [1.807, 2.05) is 43.5 Å². The predicted molar refractivity (Wildman–Crippen MR) is 117 cm³/mol. The summed E-state index contributed by atoms with van der Waals surface area (Å²) < 4.78 is 12.8. The number of benzene rings is 2. The zero-order valence-corrected chi connectivity index (χ0v) is 18.1. The summed E-state index contributed by atoms with van der Waals surface area (Å²) in [6, 6.07) is 13.9. The largest absolute Gasteiger partial charge is 0.454 e. The molecule has 0 spiro atoms. The van der Waals surface area contributed by atoms with E-state index in [0.29, 0.717) is 11.7 Å². The number of carbonyl (C=O) groups is 1. The van der Waals surface area contributed by atoms with Gasteiger partial charge in [-0.1, -0.05) is 49.9 Å². The quantitative estimate of drug-likeness (QED) is 0.558. The molecule has 156 valence electrons. The monoisotopic (exact) mass is 423 g/mol. The number of hydrogen-bond acceptors (Lipinski definition) is 5. The van der Waals surface area contributed by atoms with Gasteiger partial charge < -0.3 is 14.8 Å². The molecule has 0 saturated carbocycles. The molecule has 0 bridgehead atoms. The number of carbonyl (C=O) groups excluding carboxylic acids is 1. The van der Waals surface area contributed by atoms with Gasteiger partial charge in [-0.05, 0) is 42.2 Å². The van der Waals surface area contributed by atoms with E-state index in [1.54, 1.807) is 6.20 Å². The second kappa shape index (κ2) is 8.83. The normalized spacial score (nSPS) is 13.5. The van der Waals surface area contributed by atoms with Crippen molar-refractivity contribution in [1.82, 2.24) is 14.9 Å². The first-order chi connectivity index (χ1) is 14.5. The number of imidazole rings is 1. The second-order valence-corrected chi connectivity index (χ2v) is 8.43. The standard InChI is InChI=1S/C23H25N3O3S/c1-15(2)18-6-4-5-7-19(18)26-11-10-24-23(26)30-13-22(27)25-16(3)17-8-9-20-21(12-17)29-14-28-20/h4-12,15-16H,13-14H2,1-3H3,(H,25,27). The fraction of sp³-hybridized carbons (Fsp3) is 0.304. The first-order valence-corrected chi connectivity index (χ1v) is 11.0. The van der Waals surface area contributed by atoms with E-state index in [2.05, 4.69) is 40.8 Å². The highest BCUT2D eigenvalue weighted by atomic mass is 32.2. The summed E-state index contributed by atoms with van der Waals surface area (Å²) in [7, 11) is 0. The maximum absolute atomic E-state index is 12.6. The number of nitrogens with one attached hydrogen (secondary N) is 1. The third-order valence-corrected chi connectivity index (χ3v) is 6.00. The molecule has 2 aromatic carbocycles. The minimum Gasteiger partial charge on any atom is -0.454 e. The Labute approximate surface area is 180 Å². The van der Waals surface area contributed by atoms with Gasteiger partial charge in [0.05, 0.1) is 17.5 Å². The van der Waals surface area contributed by atoms with Crippen molar-refractivity contribution in [3.05, 3.63) is 66.0 Å². The van der Waals surface area contributed by atoms with Crippen LogP contribution in [-0.4, -0.2) is 28.0 Å². The van der Waals surface area contributed by atoms with E-state index in [4.69, 9.17) is 9.47 Å². The number of rotatable bonds is 7. The van der Waals surface area contributed by atoms with Crippen LogP contribution in [0.4, 0.5) is 0 Å². The van der Waals surface area contributed by atoms with Crippen LogP contribution in [0.2, 0.25) is 0 Å². The van der Waals surface area contributed by atoms with E-state index in [0.717, 1.165) is 22.2 Å². The molecule has 30 heavy (non-hydrogen) atoms. The molecule has 1 aliphatic rings. The van der Waals surface area contributed by atoms with Crippen LogP contribution in [-0.2, 0) is 4.79 Å². The molecule has 0 fully saturated rings.